The van der Waals surface area contributed by atoms with Gasteiger partial charge in [-0.1, -0.05) is 30.3 Å². The molecule has 1 aliphatic rings. The van der Waals surface area contributed by atoms with E-state index in [1.54, 1.807) is 6.07 Å². The molecule has 0 unspecified atom stereocenters. The van der Waals surface area contributed by atoms with Crippen LogP contribution in [0, 0.1) is 0 Å². The number of phenols is 1. The van der Waals surface area contributed by atoms with Crippen LogP contribution in [0.25, 0.3) is 10.8 Å². The van der Waals surface area contributed by atoms with Crippen molar-refractivity contribution in [3.05, 3.63) is 42.0 Å². The molecule has 1 aliphatic carbocycles. The van der Waals surface area contributed by atoms with Gasteiger partial charge in [0.05, 0.1) is 0 Å². The van der Waals surface area contributed by atoms with Crippen molar-refractivity contribution in [3.8, 4) is 5.75 Å². The molecule has 2 nitrogen and oxygen atoms in total. The monoisotopic (exact) mass is 213 g/mol. The molecule has 0 aliphatic heterocycles. The maximum atomic E-state index is 10.1. The SMILES string of the molecule is CNC1(c2c(O)ccc3ccccc23)CC1. The topological polar surface area (TPSA) is 32.3 Å². The maximum Gasteiger partial charge on any atom is 0.121 e. The molecule has 0 amide bonds. The Kier molecular flexibility index (Phi) is 1.95. The van der Waals surface area contributed by atoms with Crippen molar-refractivity contribution in [1.29, 1.82) is 0 Å². The zero-order valence-corrected chi connectivity index (χ0v) is 9.33. The summed E-state index contributed by atoms with van der Waals surface area (Å²) in [7, 11) is 1.97. The molecule has 0 radical (unpaired) electrons. The van der Waals surface area contributed by atoms with Crippen LogP contribution in [0.5, 0.6) is 5.75 Å². The first kappa shape index (κ1) is 9.67. The molecule has 0 spiro atoms. The van der Waals surface area contributed by atoms with E-state index < -0.39 is 0 Å². The van der Waals surface area contributed by atoms with Crippen molar-refractivity contribution in [2.75, 3.05) is 7.05 Å². The molecule has 0 heterocycles. The number of rotatable bonds is 2. The second-order valence-electron chi connectivity index (χ2n) is 4.51. The van der Waals surface area contributed by atoms with E-state index in [1.165, 1.54) is 5.39 Å². The van der Waals surface area contributed by atoms with Gasteiger partial charge in [0.1, 0.15) is 5.75 Å². The van der Waals surface area contributed by atoms with E-state index in [1.807, 2.05) is 25.2 Å². The summed E-state index contributed by atoms with van der Waals surface area (Å²) in [5, 5.41) is 15.8. The fourth-order valence-electron chi connectivity index (χ4n) is 2.51. The molecule has 82 valence electrons. The van der Waals surface area contributed by atoms with Crippen LogP contribution in [0.4, 0.5) is 0 Å². The van der Waals surface area contributed by atoms with E-state index in [0.29, 0.717) is 5.75 Å². The number of fused-ring (bicyclic) bond motifs is 1. The molecular weight excluding hydrogens is 198 g/mol. The van der Waals surface area contributed by atoms with Crippen molar-refractivity contribution in [3.63, 3.8) is 0 Å². The minimum absolute atomic E-state index is 0.00491. The molecule has 0 aromatic heterocycles. The summed E-state index contributed by atoms with van der Waals surface area (Å²) in [6.07, 6.45) is 2.20. The molecule has 0 saturated heterocycles. The molecule has 2 heteroatoms. The van der Waals surface area contributed by atoms with Gasteiger partial charge in [-0.3, -0.25) is 0 Å². The van der Waals surface area contributed by atoms with Gasteiger partial charge >= 0.3 is 0 Å². The number of hydrogen-bond acceptors (Lipinski definition) is 2. The molecule has 2 aromatic rings. The maximum absolute atomic E-state index is 10.1. The van der Waals surface area contributed by atoms with Crippen LogP contribution in [0.3, 0.4) is 0 Å². The Morgan fingerprint density at radius 1 is 1.12 bits per heavy atom. The van der Waals surface area contributed by atoms with E-state index in [4.69, 9.17) is 0 Å². The summed E-state index contributed by atoms with van der Waals surface area (Å²) in [6.45, 7) is 0. The third-order valence-electron chi connectivity index (χ3n) is 3.61. The minimum Gasteiger partial charge on any atom is -0.508 e. The predicted octanol–water partition coefficient (Wildman–Crippen LogP) is 2.75. The lowest BCUT2D eigenvalue weighted by Crippen LogP contribution is -2.24. The molecule has 1 saturated carbocycles. The van der Waals surface area contributed by atoms with E-state index in [0.717, 1.165) is 23.8 Å². The van der Waals surface area contributed by atoms with Crippen molar-refractivity contribution in [2.45, 2.75) is 18.4 Å². The van der Waals surface area contributed by atoms with Crippen LogP contribution in [-0.2, 0) is 5.54 Å². The summed E-state index contributed by atoms with van der Waals surface area (Å²) in [5.41, 5.74) is 1.07. The quantitative estimate of drug-likeness (QED) is 0.804. The third kappa shape index (κ3) is 1.23. The molecular formula is C14H15NO. The molecule has 2 aromatic carbocycles. The van der Waals surface area contributed by atoms with E-state index in [-0.39, 0.29) is 5.54 Å². The number of hydrogen-bond donors (Lipinski definition) is 2. The Hall–Kier alpha value is -1.54. The van der Waals surface area contributed by atoms with Crippen LogP contribution in [-0.4, -0.2) is 12.2 Å². The van der Waals surface area contributed by atoms with Crippen molar-refractivity contribution in [2.24, 2.45) is 0 Å². The zero-order chi connectivity index (χ0) is 11.2. The summed E-state index contributed by atoms with van der Waals surface area (Å²) in [4.78, 5) is 0. The molecule has 3 rings (SSSR count). The summed E-state index contributed by atoms with van der Waals surface area (Å²) in [5.74, 6) is 0.408. The van der Waals surface area contributed by atoms with Crippen molar-refractivity contribution in [1.82, 2.24) is 5.32 Å². The van der Waals surface area contributed by atoms with Crippen LogP contribution >= 0.6 is 0 Å². The average molecular weight is 213 g/mol. The van der Waals surface area contributed by atoms with Gasteiger partial charge in [-0.25, -0.2) is 0 Å². The fourth-order valence-corrected chi connectivity index (χ4v) is 2.51. The van der Waals surface area contributed by atoms with Gasteiger partial charge in [-0.05, 0) is 36.7 Å². The van der Waals surface area contributed by atoms with Gasteiger partial charge in [0.15, 0.2) is 0 Å². The van der Waals surface area contributed by atoms with E-state index in [2.05, 4.69) is 17.4 Å². The van der Waals surface area contributed by atoms with Crippen molar-refractivity contribution < 1.29 is 5.11 Å². The third-order valence-corrected chi connectivity index (χ3v) is 3.61. The Bertz CT molecular complexity index is 543. The van der Waals surface area contributed by atoms with E-state index in [9.17, 15) is 5.11 Å². The molecule has 1 fully saturated rings. The van der Waals surface area contributed by atoms with Gasteiger partial charge < -0.3 is 10.4 Å². The highest BCUT2D eigenvalue weighted by molar-refractivity contribution is 5.89. The largest absolute Gasteiger partial charge is 0.508 e. The summed E-state index contributed by atoms with van der Waals surface area (Å²) in [6, 6.07) is 12.0. The van der Waals surface area contributed by atoms with Crippen molar-refractivity contribution >= 4 is 10.8 Å². The Morgan fingerprint density at radius 2 is 1.88 bits per heavy atom. The van der Waals surface area contributed by atoms with Gasteiger partial charge in [0.25, 0.3) is 0 Å². The normalized spacial score (nSPS) is 17.6. The highest BCUT2D eigenvalue weighted by atomic mass is 16.3. The first-order valence-corrected chi connectivity index (χ1v) is 5.67. The fraction of sp³-hybridized carbons (Fsp3) is 0.286. The van der Waals surface area contributed by atoms with Gasteiger partial charge in [-0.2, -0.15) is 0 Å². The molecule has 2 N–H and O–H groups in total. The highest BCUT2D eigenvalue weighted by Crippen LogP contribution is 2.50. The molecule has 0 bridgehead atoms. The smallest absolute Gasteiger partial charge is 0.121 e. The van der Waals surface area contributed by atoms with Crippen LogP contribution < -0.4 is 5.32 Å². The lowest BCUT2D eigenvalue weighted by molar-refractivity contribution is 0.451. The standard InChI is InChI=1S/C14H15NO/c1-15-14(8-9-14)13-11-5-3-2-4-10(11)6-7-12(13)16/h2-7,15-16H,8-9H2,1H3. The second kappa shape index (κ2) is 3.22. The minimum atomic E-state index is 0.00491. The number of benzene rings is 2. The summed E-state index contributed by atoms with van der Waals surface area (Å²) < 4.78 is 0. The predicted molar refractivity (Wildman–Crippen MR) is 65.6 cm³/mol. The lowest BCUT2D eigenvalue weighted by Gasteiger charge is -2.18. The van der Waals surface area contributed by atoms with E-state index >= 15 is 0 Å². The van der Waals surface area contributed by atoms with Crippen LogP contribution in [0.2, 0.25) is 0 Å². The van der Waals surface area contributed by atoms with Crippen LogP contribution in [0.15, 0.2) is 36.4 Å². The van der Waals surface area contributed by atoms with Gasteiger partial charge in [0.2, 0.25) is 0 Å². The molecule has 16 heavy (non-hydrogen) atoms. The highest BCUT2D eigenvalue weighted by Gasteiger charge is 2.45. The number of nitrogens with one attached hydrogen (secondary N) is 1. The molecule has 0 atom stereocenters. The zero-order valence-electron chi connectivity index (χ0n) is 9.33. The average Bonchev–Trinajstić information content (AvgIpc) is 3.10. The first-order valence-electron chi connectivity index (χ1n) is 5.67. The Morgan fingerprint density at radius 3 is 2.56 bits per heavy atom. The first-order chi connectivity index (χ1) is 7.77. The Labute approximate surface area is 94.9 Å². The second-order valence-corrected chi connectivity index (χ2v) is 4.51. The Balaban J connectivity index is 2.33. The van der Waals surface area contributed by atoms with Gasteiger partial charge in [-0.15, -0.1) is 0 Å². The summed E-state index contributed by atoms with van der Waals surface area (Å²) >= 11 is 0. The van der Waals surface area contributed by atoms with Crippen LogP contribution in [0.1, 0.15) is 18.4 Å². The van der Waals surface area contributed by atoms with Gasteiger partial charge in [0, 0.05) is 11.1 Å². The lowest BCUT2D eigenvalue weighted by atomic mass is 9.96. The number of aromatic hydroxyl groups is 1. The number of phenolic OH excluding ortho intramolecular Hbond substituents is 1.